The van der Waals surface area contributed by atoms with Crippen LogP contribution in [0.3, 0.4) is 0 Å². The van der Waals surface area contributed by atoms with E-state index < -0.39 is 9.84 Å². The highest BCUT2D eigenvalue weighted by Crippen LogP contribution is 2.38. The second-order valence-corrected chi connectivity index (χ2v) is 9.57. The van der Waals surface area contributed by atoms with Crippen molar-refractivity contribution in [2.75, 3.05) is 7.11 Å². The number of ether oxygens (including phenoxy) is 1. The molecule has 0 radical (unpaired) electrons. The first-order valence-corrected chi connectivity index (χ1v) is 11.6. The number of aryl methyl sites for hydroxylation is 1. The Morgan fingerprint density at radius 3 is 2.58 bits per heavy atom. The zero-order valence-corrected chi connectivity index (χ0v) is 18.2. The molecule has 0 saturated heterocycles. The molecule has 31 heavy (non-hydrogen) atoms. The summed E-state index contributed by atoms with van der Waals surface area (Å²) in [4.78, 5) is 4.89. The van der Waals surface area contributed by atoms with Gasteiger partial charge in [-0.05, 0) is 54.8 Å². The molecule has 2 aromatic heterocycles. The summed E-state index contributed by atoms with van der Waals surface area (Å²) in [5.74, 6) is 0.0750. The van der Waals surface area contributed by atoms with E-state index in [0.29, 0.717) is 23.6 Å². The zero-order chi connectivity index (χ0) is 21.6. The topological polar surface area (TPSA) is 74.1 Å². The Morgan fingerprint density at radius 1 is 1.03 bits per heavy atom. The summed E-state index contributed by atoms with van der Waals surface area (Å²) < 4.78 is 33.7. The van der Waals surface area contributed by atoms with Gasteiger partial charge in [0.05, 0.1) is 35.3 Å². The van der Waals surface area contributed by atoms with Gasteiger partial charge in [0.1, 0.15) is 4.90 Å². The molecule has 2 aromatic carbocycles. The first-order valence-electron chi connectivity index (χ1n) is 9.70. The molecule has 156 valence electrons. The molecule has 8 heteroatoms. The minimum absolute atomic E-state index is 0.0747. The highest BCUT2D eigenvalue weighted by molar-refractivity contribution is 7.91. The van der Waals surface area contributed by atoms with Crippen molar-refractivity contribution in [1.82, 2.24) is 14.8 Å². The van der Waals surface area contributed by atoms with Crippen molar-refractivity contribution in [2.24, 2.45) is 0 Å². The lowest BCUT2D eigenvalue weighted by atomic mass is 9.94. The number of hydrogen-bond acceptors (Lipinski definition) is 5. The van der Waals surface area contributed by atoms with Crippen LogP contribution in [0.1, 0.15) is 11.3 Å². The third-order valence-electron chi connectivity index (χ3n) is 5.38. The molecule has 0 aliphatic heterocycles. The summed E-state index contributed by atoms with van der Waals surface area (Å²) >= 11 is 6.15. The van der Waals surface area contributed by atoms with E-state index in [1.54, 1.807) is 42.6 Å². The van der Waals surface area contributed by atoms with E-state index in [2.05, 4.69) is 10.1 Å². The molecular weight excluding hydrogens is 434 g/mol. The van der Waals surface area contributed by atoms with Crippen LogP contribution in [0, 0.1) is 0 Å². The monoisotopic (exact) mass is 451 g/mol. The van der Waals surface area contributed by atoms with E-state index in [-0.39, 0.29) is 15.7 Å². The third kappa shape index (κ3) is 3.30. The number of fused-ring (bicyclic) bond motifs is 3. The van der Waals surface area contributed by atoms with Crippen molar-refractivity contribution in [3.8, 4) is 22.8 Å². The Morgan fingerprint density at radius 2 is 1.84 bits per heavy atom. The van der Waals surface area contributed by atoms with Crippen LogP contribution in [0.5, 0.6) is 5.88 Å². The van der Waals surface area contributed by atoms with E-state index in [9.17, 15) is 8.42 Å². The van der Waals surface area contributed by atoms with Gasteiger partial charge in [0.25, 0.3) is 0 Å². The Kier molecular flexibility index (Phi) is 4.79. The quantitative estimate of drug-likeness (QED) is 0.455. The smallest absolute Gasteiger partial charge is 0.233 e. The number of benzene rings is 2. The number of halogens is 1. The van der Waals surface area contributed by atoms with E-state index >= 15 is 0 Å². The van der Waals surface area contributed by atoms with Crippen LogP contribution in [0.4, 0.5) is 0 Å². The molecule has 0 unspecified atom stereocenters. The first-order chi connectivity index (χ1) is 15.0. The summed E-state index contributed by atoms with van der Waals surface area (Å²) in [5, 5.41) is 5.17. The Bertz CT molecular complexity index is 1400. The predicted octanol–water partition coefficient (Wildman–Crippen LogP) is 4.53. The van der Waals surface area contributed by atoms with Crippen LogP contribution < -0.4 is 4.74 Å². The average Bonchev–Trinajstić information content (AvgIpc) is 3.23. The maximum Gasteiger partial charge on any atom is 0.233 e. The van der Waals surface area contributed by atoms with Crippen molar-refractivity contribution in [2.45, 2.75) is 22.6 Å². The lowest BCUT2D eigenvalue weighted by Gasteiger charge is -2.20. The zero-order valence-electron chi connectivity index (χ0n) is 16.6. The van der Waals surface area contributed by atoms with Crippen molar-refractivity contribution < 1.29 is 13.2 Å². The molecule has 0 fully saturated rings. The van der Waals surface area contributed by atoms with Crippen molar-refractivity contribution in [3.05, 3.63) is 83.1 Å². The van der Waals surface area contributed by atoms with Gasteiger partial charge in [-0.2, -0.15) is 5.10 Å². The van der Waals surface area contributed by atoms with Gasteiger partial charge in [0.2, 0.25) is 15.7 Å². The van der Waals surface area contributed by atoms with E-state index in [4.69, 9.17) is 16.3 Å². The van der Waals surface area contributed by atoms with Gasteiger partial charge in [-0.25, -0.2) is 18.1 Å². The summed E-state index contributed by atoms with van der Waals surface area (Å²) in [6.07, 6.45) is 3.10. The SMILES string of the molecule is COc1nc2c(cc1S(=O)(=O)c1ccccc1)CCc1c-2cnn1-c1cccc(Cl)c1. The van der Waals surface area contributed by atoms with Crippen LogP contribution in [-0.2, 0) is 22.7 Å². The largest absolute Gasteiger partial charge is 0.480 e. The maximum atomic E-state index is 13.2. The first kappa shape index (κ1) is 19.8. The van der Waals surface area contributed by atoms with E-state index in [0.717, 1.165) is 22.5 Å². The predicted molar refractivity (Wildman–Crippen MR) is 118 cm³/mol. The molecule has 5 rings (SSSR count). The molecule has 6 nitrogen and oxygen atoms in total. The second-order valence-electron chi connectivity index (χ2n) is 7.22. The molecule has 0 spiro atoms. The number of aromatic nitrogens is 3. The molecular formula is C23H18ClN3O3S. The second kappa shape index (κ2) is 7.51. The van der Waals surface area contributed by atoms with E-state index in [1.165, 1.54) is 7.11 Å². The van der Waals surface area contributed by atoms with Crippen LogP contribution in [0.2, 0.25) is 5.02 Å². The van der Waals surface area contributed by atoms with E-state index in [1.807, 2.05) is 28.9 Å². The van der Waals surface area contributed by atoms with Crippen molar-refractivity contribution in [1.29, 1.82) is 0 Å². The third-order valence-corrected chi connectivity index (χ3v) is 7.38. The van der Waals surface area contributed by atoms with Gasteiger partial charge < -0.3 is 4.74 Å². The summed E-state index contributed by atoms with van der Waals surface area (Å²) in [5.41, 5.74) is 4.28. The minimum atomic E-state index is -3.76. The van der Waals surface area contributed by atoms with Gasteiger partial charge in [-0.15, -0.1) is 0 Å². The number of nitrogens with zero attached hydrogens (tertiary/aromatic N) is 3. The molecule has 0 bridgehead atoms. The Hall–Kier alpha value is -3.16. The molecule has 1 aliphatic carbocycles. The summed E-state index contributed by atoms with van der Waals surface area (Å²) in [6.45, 7) is 0. The molecule has 1 aliphatic rings. The van der Waals surface area contributed by atoms with Gasteiger partial charge in [-0.1, -0.05) is 35.9 Å². The average molecular weight is 452 g/mol. The molecule has 0 amide bonds. The van der Waals surface area contributed by atoms with Crippen LogP contribution in [0.25, 0.3) is 16.9 Å². The fourth-order valence-corrected chi connectivity index (χ4v) is 5.51. The number of hydrogen-bond donors (Lipinski definition) is 0. The Labute approximate surface area is 185 Å². The lowest BCUT2D eigenvalue weighted by molar-refractivity contribution is 0.385. The molecule has 0 atom stereocenters. The number of methoxy groups -OCH3 is 1. The highest BCUT2D eigenvalue weighted by Gasteiger charge is 2.29. The minimum Gasteiger partial charge on any atom is -0.480 e. The molecule has 4 aromatic rings. The number of pyridine rings is 1. The Balaban J connectivity index is 1.65. The van der Waals surface area contributed by atoms with Crippen molar-refractivity contribution >= 4 is 21.4 Å². The summed E-state index contributed by atoms with van der Waals surface area (Å²) in [7, 11) is -2.33. The van der Waals surface area contributed by atoms with Gasteiger partial charge in [-0.3, -0.25) is 0 Å². The van der Waals surface area contributed by atoms with Crippen LogP contribution >= 0.6 is 11.6 Å². The van der Waals surface area contributed by atoms with Crippen molar-refractivity contribution in [3.63, 3.8) is 0 Å². The molecule has 0 saturated carbocycles. The molecule has 2 heterocycles. The van der Waals surface area contributed by atoms with Crippen LogP contribution in [0.15, 0.2) is 76.7 Å². The lowest BCUT2D eigenvalue weighted by Crippen LogP contribution is -2.13. The van der Waals surface area contributed by atoms with Gasteiger partial charge in [0.15, 0.2) is 0 Å². The normalized spacial score (nSPS) is 12.8. The van der Waals surface area contributed by atoms with Crippen LogP contribution in [-0.4, -0.2) is 30.3 Å². The number of rotatable bonds is 4. The molecule has 0 N–H and O–H groups in total. The summed E-state index contributed by atoms with van der Waals surface area (Å²) in [6, 6.07) is 17.5. The number of sulfone groups is 1. The van der Waals surface area contributed by atoms with Gasteiger partial charge in [0, 0.05) is 10.6 Å². The maximum absolute atomic E-state index is 13.2. The highest BCUT2D eigenvalue weighted by atomic mass is 35.5. The van der Waals surface area contributed by atoms with Gasteiger partial charge >= 0.3 is 0 Å². The standard InChI is InChI=1S/C23H18ClN3O3S/c1-30-23-21(31(28,29)18-8-3-2-4-9-18)12-15-10-11-20-19(22(15)26-23)14-25-27(20)17-7-5-6-16(24)13-17/h2-9,12-14H,10-11H2,1H3. The fraction of sp³-hybridized carbons (Fsp3) is 0.130. The fourth-order valence-electron chi connectivity index (χ4n) is 3.90.